The van der Waals surface area contributed by atoms with E-state index < -0.39 is 12.2 Å². The normalized spacial score (nSPS) is 47.0. The lowest BCUT2D eigenvalue weighted by atomic mass is 9.46. The third kappa shape index (κ3) is 3.63. The van der Waals surface area contributed by atoms with Gasteiger partial charge >= 0.3 is 0 Å². The SMILES string of the molecule is CC(C)CC=C[C@@H](CO)[C@H]1CC[C@H]2[C@@H]3CC=C4CC(O)C(O)C[C@]4(C)[C@H]3CC[C@]12C. The van der Waals surface area contributed by atoms with Crippen LogP contribution in [0.3, 0.4) is 0 Å². The van der Waals surface area contributed by atoms with Gasteiger partial charge in [-0.1, -0.05) is 51.5 Å². The lowest BCUT2D eigenvalue weighted by Crippen LogP contribution is -2.53. The van der Waals surface area contributed by atoms with Gasteiger partial charge in [-0.2, -0.15) is 0 Å². The van der Waals surface area contributed by atoms with Gasteiger partial charge in [0, 0.05) is 12.5 Å². The summed E-state index contributed by atoms with van der Waals surface area (Å²) in [5.74, 6) is 3.55. The Labute approximate surface area is 183 Å². The molecule has 0 heterocycles. The second kappa shape index (κ2) is 8.37. The quantitative estimate of drug-likeness (QED) is 0.546. The van der Waals surface area contributed by atoms with Crippen molar-refractivity contribution in [3.63, 3.8) is 0 Å². The number of fused-ring (bicyclic) bond motifs is 5. The first-order chi connectivity index (χ1) is 14.2. The molecule has 0 aromatic rings. The number of rotatable bonds is 5. The molecule has 170 valence electrons. The number of aliphatic hydroxyl groups is 3. The molecule has 3 N–H and O–H groups in total. The van der Waals surface area contributed by atoms with E-state index in [0.717, 1.165) is 12.8 Å². The van der Waals surface area contributed by atoms with E-state index in [9.17, 15) is 15.3 Å². The molecule has 4 aliphatic carbocycles. The summed E-state index contributed by atoms with van der Waals surface area (Å²) in [6, 6.07) is 0. The summed E-state index contributed by atoms with van der Waals surface area (Å²) in [6.07, 6.45) is 14.4. The highest BCUT2D eigenvalue weighted by Crippen LogP contribution is 2.67. The third-order valence-corrected chi connectivity index (χ3v) is 9.92. The van der Waals surface area contributed by atoms with Crippen LogP contribution in [0.25, 0.3) is 0 Å². The Morgan fingerprint density at radius 3 is 2.57 bits per heavy atom. The highest BCUT2D eigenvalue weighted by atomic mass is 16.3. The highest BCUT2D eigenvalue weighted by molar-refractivity contribution is 5.26. The molecule has 0 aliphatic heterocycles. The molecule has 9 atom stereocenters. The molecule has 3 nitrogen and oxygen atoms in total. The van der Waals surface area contributed by atoms with Crippen LogP contribution in [0.2, 0.25) is 0 Å². The Balaban J connectivity index is 1.56. The average Bonchev–Trinajstić information content (AvgIpc) is 3.03. The molecule has 2 unspecified atom stereocenters. The molecule has 4 aliphatic rings. The second-order valence-corrected chi connectivity index (χ2v) is 11.9. The Morgan fingerprint density at radius 1 is 1.10 bits per heavy atom. The molecule has 0 aromatic heterocycles. The first-order valence-electron chi connectivity index (χ1n) is 12.5. The van der Waals surface area contributed by atoms with E-state index in [2.05, 4.69) is 45.9 Å². The fourth-order valence-corrected chi connectivity index (χ4v) is 8.28. The van der Waals surface area contributed by atoms with Gasteiger partial charge in [0.05, 0.1) is 12.2 Å². The summed E-state index contributed by atoms with van der Waals surface area (Å²) in [5, 5.41) is 30.9. The van der Waals surface area contributed by atoms with Crippen molar-refractivity contribution in [3.05, 3.63) is 23.8 Å². The van der Waals surface area contributed by atoms with Gasteiger partial charge in [0.1, 0.15) is 0 Å². The van der Waals surface area contributed by atoms with E-state index in [0.29, 0.717) is 47.8 Å². The van der Waals surface area contributed by atoms with Gasteiger partial charge in [-0.25, -0.2) is 0 Å². The van der Waals surface area contributed by atoms with E-state index in [1.165, 1.54) is 31.3 Å². The van der Waals surface area contributed by atoms with Gasteiger partial charge in [0.25, 0.3) is 0 Å². The van der Waals surface area contributed by atoms with Gasteiger partial charge in [0.15, 0.2) is 0 Å². The van der Waals surface area contributed by atoms with Crippen molar-refractivity contribution in [2.45, 2.75) is 91.3 Å². The molecular weight excluding hydrogens is 372 g/mol. The van der Waals surface area contributed by atoms with Crippen molar-refractivity contribution >= 4 is 0 Å². The van der Waals surface area contributed by atoms with Gasteiger partial charge < -0.3 is 15.3 Å². The van der Waals surface area contributed by atoms with Crippen molar-refractivity contribution in [3.8, 4) is 0 Å². The topological polar surface area (TPSA) is 60.7 Å². The van der Waals surface area contributed by atoms with Crippen LogP contribution in [-0.2, 0) is 0 Å². The zero-order chi connectivity index (χ0) is 21.7. The summed E-state index contributed by atoms with van der Waals surface area (Å²) in [5.41, 5.74) is 1.77. The van der Waals surface area contributed by atoms with Gasteiger partial charge in [-0.05, 0) is 91.8 Å². The number of aliphatic hydroxyl groups excluding tert-OH is 3. The largest absolute Gasteiger partial charge is 0.396 e. The minimum absolute atomic E-state index is 0.0501. The van der Waals surface area contributed by atoms with E-state index in [4.69, 9.17) is 0 Å². The second-order valence-electron chi connectivity index (χ2n) is 11.9. The van der Waals surface area contributed by atoms with Crippen molar-refractivity contribution in [2.75, 3.05) is 6.61 Å². The van der Waals surface area contributed by atoms with Crippen molar-refractivity contribution in [1.82, 2.24) is 0 Å². The zero-order valence-electron chi connectivity index (χ0n) is 19.6. The van der Waals surface area contributed by atoms with E-state index >= 15 is 0 Å². The zero-order valence-corrected chi connectivity index (χ0v) is 19.6. The maximum Gasteiger partial charge on any atom is 0.0836 e. The first kappa shape index (κ1) is 22.6. The van der Waals surface area contributed by atoms with Crippen molar-refractivity contribution in [1.29, 1.82) is 0 Å². The Bertz CT molecular complexity index is 682. The van der Waals surface area contributed by atoms with Gasteiger partial charge in [0.2, 0.25) is 0 Å². The lowest BCUT2D eigenvalue weighted by Gasteiger charge is -2.58. The highest BCUT2D eigenvalue weighted by Gasteiger charge is 2.59. The van der Waals surface area contributed by atoms with Crippen LogP contribution in [0.5, 0.6) is 0 Å². The molecule has 0 spiro atoms. The fraction of sp³-hybridized carbons (Fsp3) is 0.852. The van der Waals surface area contributed by atoms with E-state index in [1.807, 2.05) is 0 Å². The smallest absolute Gasteiger partial charge is 0.0836 e. The molecule has 30 heavy (non-hydrogen) atoms. The van der Waals surface area contributed by atoms with E-state index in [-0.39, 0.29) is 17.9 Å². The minimum Gasteiger partial charge on any atom is -0.396 e. The van der Waals surface area contributed by atoms with Crippen LogP contribution < -0.4 is 0 Å². The van der Waals surface area contributed by atoms with Crippen molar-refractivity contribution in [2.24, 2.45) is 46.3 Å². The maximum absolute atomic E-state index is 10.5. The van der Waals surface area contributed by atoms with Crippen LogP contribution in [0, 0.1) is 46.3 Å². The molecular formula is C27H44O3. The third-order valence-electron chi connectivity index (χ3n) is 9.92. The van der Waals surface area contributed by atoms with Crippen LogP contribution in [0.1, 0.15) is 79.1 Å². The molecule has 0 saturated heterocycles. The maximum atomic E-state index is 10.5. The fourth-order valence-electron chi connectivity index (χ4n) is 8.28. The molecule has 0 radical (unpaired) electrons. The van der Waals surface area contributed by atoms with Crippen LogP contribution in [0.15, 0.2) is 23.8 Å². The molecule has 0 amide bonds. The summed E-state index contributed by atoms with van der Waals surface area (Å²) in [7, 11) is 0. The molecule has 4 rings (SSSR count). The van der Waals surface area contributed by atoms with Crippen LogP contribution in [-0.4, -0.2) is 34.1 Å². The van der Waals surface area contributed by atoms with Gasteiger partial charge in [-0.15, -0.1) is 0 Å². The predicted octanol–water partition coefficient (Wildman–Crippen LogP) is 5.11. The Kier molecular flexibility index (Phi) is 6.29. The van der Waals surface area contributed by atoms with Gasteiger partial charge in [-0.3, -0.25) is 0 Å². The molecule has 3 heteroatoms. The summed E-state index contributed by atoms with van der Waals surface area (Å²) in [4.78, 5) is 0. The Morgan fingerprint density at radius 2 is 1.87 bits per heavy atom. The van der Waals surface area contributed by atoms with E-state index in [1.54, 1.807) is 0 Å². The van der Waals surface area contributed by atoms with Crippen molar-refractivity contribution < 1.29 is 15.3 Å². The lowest BCUT2D eigenvalue weighted by molar-refractivity contribution is -0.0889. The van der Waals surface area contributed by atoms with Crippen LogP contribution in [0.4, 0.5) is 0 Å². The standard InChI is InChI=1S/C27H44O3/c1-17(2)6-5-7-18(16-28)21-10-11-22-20-9-8-19-14-24(29)25(30)15-27(19,4)23(20)12-13-26(21,22)3/h5,7-8,17-18,20-25,28-30H,6,9-16H2,1-4H3/t18-,20-,21+,22-,23-,24?,25?,26+,27-/m0/s1. The predicted molar refractivity (Wildman–Crippen MR) is 122 cm³/mol. The minimum atomic E-state index is -0.589. The molecule has 0 bridgehead atoms. The first-order valence-corrected chi connectivity index (χ1v) is 12.5. The average molecular weight is 417 g/mol. The monoisotopic (exact) mass is 416 g/mol. The Hall–Kier alpha value is -0.640. The number of hydrogen-bond acceptors (Lipinski definition) is 3. The number of allylic oxidation sites excluding steroid dienone is 2. The van der Waals surface area contributed by atoms with Crippen LogP contribution >= 0.6 is 0 Å². The summed E-state index contributed by atoms with van der Waals surface area (Å²) >= 11 is 0. The molecule has 3 saturated carbocycles. The summed E-state index contributed by atoms with van der Waals surface area (Å²) < 4.78 is 0. The molecule has 3 fully saturated rings. The number of hydrogen-bond donors (Lipinski definition) is 3. The molecule has 0 aromatic carbocycles. The summed E-state index contributed by atoms with van der Waals surface area (Å²) in [6.45, 7) is 9.65.